The van der Waals surface area contributed by atoms with Crippen LogP contribution in [0.4, 0.5) is 0 Å². The molecule has 21 heavy (non-hydrogen) atoms. The van der Waals surface area contributed by atoms with Crippen molar-refractivity contribution in [2.24, 2.45) is 0 Å². The number of sulfonamides is 1. The first-order valence-electron chi connectivity index (χ1n) is 6.36. The molecular formula is C14H17BrN2O2S2. The maximum Gasteiger partial charge on any atom is 0.243 e. The summed E-state index contributed by atoms with van der Waals surface area (Å²) >= 11 is 4.85. The fourth-order valence-corrected chi connectivity index (χ4v) is 4.80. The highest BCUT2D eigenvalue weighted by Crippen LogP contribution is 2.23. The van der Waals surface area contributed by atoms with Crippen LogP contribution in [0.5, 0.6) is 0 Å². The fraction of sp³-hybridized carbons (Fsp3) is 0.286. The van der Waals surface area contributed by atoms with Gasteiger partial charge in [0.15, 0.2) is 0 Å². The standard InChI is InChI=1S/C14H17BrN2O2S2/c1-16-8-13-7-14(10-20-13)21(18,19)17(2)9-11-4-3-5-12(15)6-11/h3-7,10,16H,8-9H2,1-2H3. The van der Waals surface area contributed by atoms with Crippen molar-refractivity contribution in [1.29, 1.82) is 0 Å². The molecule has 0 atom stereocenters. The molecule has 0 saturated heterocycles. The van der Waals surface area contributed by atoms with Crippen molar-refractivity contribution < 1.29 is 8.42 Å². The maximum absolute atomic E-state index is 12.5. The second-order valence-corrected chi connectivity index (χ2v) is 8.63. The molecule has 0 unspecified atom stereocenters. The Kier molecular flexibility index (Phi) is 5.56. The average molecular weight is 389 g/mol. The Bertz CT molecular complexity index is 713. The van der Waals surface area contributed by atoms with Gasteiger partial charge in [0.25, 0.3) is 0 Å². The topological polar surface area (TPSA) is 49.4 Å². The molecule has 1 aromatic heterocycles. The van der Waals surface area contributed by atoms with Crippen molar-refractivity contribution in [2.45, 2.75) is 18.0 Å². The molecule has 0 fully saturated rings. The number of hydrogen-bond acceptors (Lipinski definition) is 4. The van der Waals surface area contributed by atoms with E-state index >= 15 is 0 Å². The van der Waals surface area contributed by atoms with E-state index in [0.717, 1.165) is 14.9 Å². The molecular weight excluding hydrogens is 372 g/mol. The van der Waals surface area contributed by atoms with Crippen LogP contribution < -0.4 is 5.32 Å². The van der Waals surface area contributed by atoms with E-state index in [1.807, 2.05) is 31.3 Å². The Morgan fingerprint density at radius 1 is 1.33 bits per heavy atom. The van der Waals surface area contributed by atoms with E-state index in [4.69, 9.17) is 0 Å². The van der Waals surface area contributed by atoms with Crippen LogP contribution in [0.3, 0.4) is 0 Å². The van der Waals surface area contributed by atoms with Gasteiger partial charge in [-0.05, 0) is 30.8 Å². The SMILES string of the molecule is CNCc1cc(S(=O)(=O)N(C)Cc2cccc(Br)c2)cs1. The molecule has 0 bridgehead atoms. The zero-order valence-electron chi connectivity index (χ0n) is 11.8. The highest BCUT2D eigenvalue weighted by molar-refractivity contribution is 9.10. The third kappa shape index (κ3) is 4.14. The first-order chi connectivity index (χ1) is 9.93. The van der Waals surface area contributed by atoms with E-state index in [9.17, 15) is 8.42 Å². The summed E-state index contributed by atoms with van der Waals surface area (Å²) in [6.07, 6.45) is 0. The predicted octanol–water partition coefficient (Wildman–Crippen LogP) is 3.05. The predicted molar refractivity (Wildman–Crippen MR) is 89.9 cm³/mol. The minimum Gasteiger partial charge on any atom is -0.315 e. The molecule has 0 spiro atoms. The van der Waals surface area contributed by atoms with Gasteiger partial charge in [0.1, 0.15) is 0 Å². The molecule has 4 nitrogen and oxygen atoms in total. The Hall–Kier alpha value is -0.730. The Balaban J connectivity index is 2.17. The van der Waals surface area contributed by atoms with Crippen molar-refractivity contribution in [3.05, 3.63) is 50.6 Å². The molecule has 1 N–H and O–H groups in total. The molecule has 1 aromatic carbocycles. The monoisotopic (exact) mass is 388 g/mol. The fourth-order valence-electron chi connectivity index (χ4n) is 1.92. The summed E-state index contributed by atoms with van der Waals surface area (Å²) in [5, 5.41) is 4.71. The van der Waals surface area contributed by atoms with E-state index in [0.29, 0.717) is 18.0 Å². The Morgan fingerprint density at radius 3 is 2.76 bits per heavy atom. The molecule has 1 heterocycles. The molecule has 0 aliphatic rings. The van der Waals surface area contributed by atoms with Gasteiger partial charge in [-0.15, -0.1) is 11.3 Å². The number of hydrogen-bond donors (Lipinski definition) is 1. The molecule has 0 aliphatic heterocycles. The van der Waals surface area contributed by atoms with E-state index in [1.165, 1.54) is 15.6 Å². The van der Waals surface area contributed by atoms with Crippen LogP contribution >= 0.6 is 27.3 Å². The van der Waals surface area contributed by atoms with E-state index in [2.05, 4.69) is 21.2 Å². The molecule has 7 heteroatoms. The minimum absolute atomic E-state index is 0.346. The van der Waals surface area contributed by atoms with Crippen LogP contribution in [0.1, 0.15) is 10.4 Å². The molecule has 0 radical (unpaired) electrons. The van der Waals surface area contributed by atoms with Gasteiger partial charge in [-0.25, -0.2) is 8.42 Å². The normalized spacial score (nSPS) is 12.0. The van der Waals surface area contributed by atoms with Crippen molar-refractivity contribution in [3.63, 3.8) is 0 Å². The zero-order valence-corrected chi connectivity index (χ0v) is 15.1. The number of halogens is 1. The van der Waals surface area contributed by atoms with Crippen molar-refractivity contribution in [3.8, 4) is 0 Å². The van der Waals surface area contributed by atoms with Gasteiger partial charge in [0.2, 0.25) is 10.0 Å². The van der Waals surface area contributed by atoms with E-state index in [-0.39, 0.29) is 0 Å². The first kappa shape index (κ1) is 16.6. The van der Waals surface area contributed by atoms with Crippen LogP contribution in [0.25, 0.3) is 0 Å². The summed E-state index contributed by atoms with van der Waals surface area (Å²) < 4.78 is 27.4. The molecule has 0 aliphatic carbocycles. The molecule has 2 rings (SSSR count). The zero-order chi connectivity index (χ0) is 15.5. The number of benzene rings is 1. The lowest BCUT2D eigenvalue weighted by Gasteiger charge is -2.16. The lowest BCUT2D eigenvalue weighted by Crippen LogP contribution is -2.26. The van der Waals surface area contributed by atoms with Crippen LogP contribution in [0.2, 0.25) is 0 Å². The summed E-state index contributed by atoms with van der Waals surface area (Å²) in [6.45, 7) is 1.02. The molecule has 0 amide bonds. The lowest BCUT2D eigenvalue weighted by molar-refractivity contribution is 0.467. The third-order valence-corrected chi connectivity index (χ3v) is 6.34. The van der Waals surface area contributed by atoms with Gasteiger partial charge < -0.3 is 5.32 Å². The molecule has 2 aromatic rings. The second-order valence-electron chi connectivity index (χ2n) is 4.67. The van der Waals surface area contributed by atoms with Crippen molar-refractivity contribution in [1.82, 2.24) is 9.62 Å². The number of rotatable bonds is 6. The van der Waals surface area contributed by atoms with E-state index < -0.39 is 10.0 Å². The Labute approximate surface area is 138 Å². The summed E-state index contributed by atoms with van der Waals surface area (Å²) in [5.41, 5.74) is 0.945. The highest BCUT2D eigenvalue weighted by Gasteiger charge is 2.22. The van der Waals surface area contributed by atoms with Gasteiger partial charge >= 0.3 is 0 Å². The molecule has 0 saturated carbocycles. The average Bonchev–Trinajstić information content (AvgIpc) is 2.88. The van der Waals surface area contributed by atoms with Crippen LogP contribution in [0.15, 0.2) is 45.1 Å². The number of thiophene rings is 1. The largest absolute Gasteiger partial charge is 0.315 e. The summed E-state index contributed by atoms with van der Waals surface area (Å²) in [6, 6.07) is 9.38. The van der Waals surface area contributed by atoms with Gasteiger partial charge in [0, 0.05) is 34.9 Å². The van der Waals surface area contributed by atoms with Gasteiger partial charge in [0.05, 0.1) is 4.90 Å². The van der Waals surface area contributed by atoms with Crippen LogP contribution in [-0.4, -0.2) is 26.8 Å². The Morgan fingerprint density at radius 2 is 2.10 bits per heavy atom. The quantitative estimate of drug-likeness (QED) is 0.826. The van der Waals surface area contributed by atoms with Crippen molar-refractivity contribution >= 4 is 37.3 Å². The number of nitrogens with zero attached hydrogens (tertiary/aromatic N) is 1. The van der Waals surface area contributed by atoms with Gasteiger partial charge in [-0.1, -0.05) is 28.1 Å². The number of nitrogens with one attached hydrogen (secondary N) is 1. The molecule has 114 valence electrons. The first-order valence-corrected chi connectivity index (χ1v) is 9.47. The second kappa shape index (κ2) is 7.02. The summed E-state index contributed by atoms with van der Waals surface area (Å²) in [7, 11) is -0.00346. The summed E-state index contributed by atoms with van der Waals surface area (Å²) in [5.74, 6) is 0. The maximum atomic E-state index is 12.5. The smallest absolute Gasteiger partial charge is 0.243 e. The van der Waals surface area contributed by atoms with Crippen LogP contribution in [0, 0.1) is 0 Å². The highest BCUT2D eigenvalue weighted by atomic mass is 79.9. The van der Waals surface area contributed by atoms with Gasteiger partial charge in [-0.2, -0.15) is 4.31 Å². The van der Waals surface area contributed by atoms with Crippen molar-refractivity contribution in [2.75, 3.05) is 14.1 Å². The summed E-state index contributed by atoms with van der Waals surface area (Å²) in [4.78, 5) is 1.36. The van der Waals surface area contributed by atoms with Crippen LogP contribution in [-0.2, 0) is 23.1 Å². The van der Waals surface area contributed by atoms with Gasteiger partial charge in [-0.3, -0.25) is 0 Å². The minimum atomic E-state index is -3.45. The van der Waals surface area contributed by atoms with E-state index in [1.54, 1.807) is 18.5 Å². The lowest BCUT2D eigenvalue weighted by atomic mass is 10.2. The third-order valence-electron chi connectivity index (χ3n) is 2.98.